The Hall–Kier alpha value is -3.10. The summed E-state index contributed by atoms with van der Waals surface area (Å²) in [4.78, 5) is 3.65. The summed E-state index contributed by atoms with van der Waals surface area (Å²) in [6.45, 7) is 0. The van der Waals surface area contributed by atoms with Gasteiger partial charge in [-0.2, -0.15) is 22.8 Å². The third kappa shape index (κ3) is 2.87. The second kappa shape index (κ2) is 5.52. The first-order valence-electron chi connectivity index (χ1n) is 6.71. The topological polar surface area (TPSA) is 82.7 Å². The maximum atomic E-state index is 13.4. The predicted octanol–water partition coefficient (Wildman–Crippen LogP) is 3.26. The second-order valence-corrected chi connectivity index (χ2v) is 4.97. The fourth-order valence-electron chi connectivity index (χ4n) is 2.31. The Labute approximate surface area is 133 Å². The number of hydrogen-bond donors (Lipinski definition) is 2. The minimum Gasteiger partial charge on any atom is -0.368 e. The molecule has 0 spiro atoms. The van der Waals surface area contributed by atoms with E-state index >= 15 is 0 Å². The molecule has 2 aromatic carbocycles. The van der Waals surface area contributed by atoms with Crippen molar-refractivity contribution < 1.29 is 17.6 Å². The Balaban J connectivity index is 2.18. The molecule has 0 saturated carbocycles. The van der Waals surface area contributed by atoms with Crippen LogP contribution in [-0.2, 0) is 6.18 Å². The Morgan fingerprint density at radius 3 is 2.17 bits per heavy atom. The molecule has 3 aromatic rings. The molecule has 24 heavy (non-hydrogen) atoms. The molecule has 0 bridgehead atoms. The Morgan fingerprint density at radius 2 is 1.62 bits per heavy atom. The quantitative estimate of drug-likeness (QED) is 0.703. The third-order valence-electron chi connectivity index (χ3n) is 3.36. The van der Waals surface area contributed by atoms with Crippen molar-refractivity contribution in [3.8, 4) is 16.8 Å². The number of benzene rings is 2. The van der Waals surface area contributed by atoms with Crippen LogP contribution in [0, 0.1) is 5.82 Å². The van der Waals surface area contributed by atoms with Crippen molar-refractivity contribution in [3.63, 3.8) is 0 Å². The van der Waals surface area contributed by atoms with Crippen molar-refractivity contribution in [3.05, 3.63) is 53.8 Å². The van der Waals surface area contributed by atoms with E-state index in [4.69, 9.17) is 11.5 Å². The molecular formula is C15H11F4N5. The summed E-state index contributed by atoms with van der Waals surface area (Å²) in [5.41, 5.74) is 10.3. The van der Waals surface area contributed by atoms with E-state index in [9.17, 15) is 17.6 Å². The summed E-state index contributed by atoms with van der Waals surface area (Å²) in [7, 11) is 0. The molecule has 4 N–H and O–H groups in total. The van der Waals surface area contributed by atoms with Crippen LogP contribution in [0.15, 0.2) is 42.5 Å². The summed E-state index contributed by atoms with van der Waals surface area (Å²) in [5.74, 6) is -0.811. The van der Waals surface area contributed by atoms with E-state index in [0.29, 0.717) is 0 Å². The van der Waals surface area contributed by atoms with Crippen molar-refractivity contribution in [2.45, 2.75) is 6.18 Å². The zero-order valence-corrected chi connectivity index (χ0v) is 12.0. The van der Waals surface area contributed by atoms with Gasteiger partial charge in [-0.15, -0.1) is 5.10 Å². The van der Waals surface area contributed by atoms with Gasteiger partial charge in [-0.25, -0.2) is 4.39 Å². The lowest BCUT2D eigenvalue weighted by Crippen LogP contribution is -2.10. The van der Waals surface area contributed by atoms with E-state index < -0.39 is 17.6 Å². The average molecular weight is 337 g/mol. The van der Waals surface area contributed by atoms with Crippen molar-refractivity contribution in [1.29, 1.82) is 0 Å². The number of hydrogen-bond acceptors (Lipinski definition) is 4. The normalized spacial score (nSPS) is 11.7. The Kier molecular flexibility index (Phi) is 3.63. The molecule has 0 fully saturated rings. The van der Waals surface area contributed by atoms with E-state index in [-0.39, 0.29) is 28.7 Å². The maximum Gasteiger partial charge on any atom is 0.417 e. The van der Waals surface area contributed by atoms with E-state index in [0.717, 1.165) is 22.9 Å². The lowest BCUT2D eigenvalue weighted by Gasteiger charge is -2.15. The molecule has 5 nitrogen and oxygen atoms in total. The monoisotopic (exact) mass is 337 g/mol. The van der Waals surface area contributed by atoms with Crippen molar-refractivity contribution in [1.82, 2.24) is 14.8 Å². The zero-order valence-electron chi connectivity index (χ0n) is 12.0. The van der Waals surface area contributed by atoms with Crippen LogP contribution in [0.5, 0.6) is 0 Å². The molecule has 124 valence electrons. The molecule has 0 atom stereocenters. The summed E-state index contributed by atoms with van der Waals surface area (Å²) in [6, 6.07) is 8.31. The zero-order chi connectivity index (χ0) is 17.5. The van der Waals surface area contributed by atoms with Crippen LogP contribution >= 0.6 is 0 Å². The lowest BCUT2D eigenvalue weighted by atomic mass is 9.98. The van der Waals surface area contributed by atoms with Gasteiger partial charge in [0.15, 0.2) is 0 Å². The van der Waals surface area contributed by atoms with Crippen LogP contribution < -0.4 is 11.5 Å². The molecule has 1 aromatic heterocycles. The van der Waals surface area contributed by atoms with Crippen LogP contribution in [0.4, 0.5) is 29.5 Å². The number of nitrogen functional groups attached to an aromatic ring is 2. The van der Waals surface area contributed by atoms with Crippen LogP contribution in [0.2, 0.25) is 0 Å². The SMILES string of the molecule is Nc1nc(N)n(-c2ccc(-c3ccc(F)cc3)c(C(F)(F)F)c2)n1. The van der Waals surface area contributed by atoms with Gasteiger partial charge in [0.1, 0.15) is 5.82 Å². The number of alkyl halides is 3. The number of nitrogens with two attached hydrogens (primary N) is 2. The third-order valence-corrected chi connectivity index (χ3v) is 3.36. The van der Waals surface area contributed by atoms with Gasteiger partial charge in [-0.3, -0.25) is 0 Å². The van der Waals surface area contributed by atoms with E-state index in [1.807, 2.05) is 0 Å². The van der Waals surface area contributed by atoms with E-state index in [1.54, 1.807) is 0 Å². The van der Waals surface area contributed by atoms with Crippen LogP contribution in [-0.4, -0.2) is 14.8 Å². The minimum atomic E-state index is -4.62. The van der Waals surface area contributed by atoms with Crippen molar-refractivity contribution in [2.24, 2.45) is 0 Å². The highest BCUT2D eigenvalue weighted by Crippen LogP contribution is 2.38. The van der Waals surface area contributed by atoms with Gasteiger partial charge in [0.05, 0.1) is 11.3 Å². The number of aromatic nitrogens is 3. The Bertz CT molecular complexity index is 884. The first kappa shape index (κ1) is 15.8. The van der Waals surface area contributed by atoms with Crippen LogP contribution in [0.25, 0.3) is 16.8 Å². The van der Waals surface area contributed by atoms with Gasteiger partial charge in [0.2, 0.25) is 11.9 Å². The van der Waals surface area contributed by atoms with E-state index in [1.165, 1.54) is 24.3 Å². The lowest BCUT2D eigenvalue weighted by molar-refractivity contribution is -0.137. The second-order valence-electron chi connectivity index (χ2n) is 4.97. The highest BCUT2D eigenvalue weighted by molar-refractivity contribution is 5.70. The first-order chi connectivity index (χ1) is 11.3. The Morgan fingerprint density at radius 1 is 0.958 bits per heavy atom. The molecule has 9 heteroatoms. The highest BCUT2D eigenvalue weighted by atomic mass is 19.4. The van der Waals surface area contributed by atoms with Crippen molar-refractivity contribution >= 4 is 11.9 Å². The summed E-state index contributed by atoms with van der Waals surface area (Å²) in [6.07, 6.45) is -4.62. The first-order valence-corrected chi connectivity index (χ1v) is 6.71. The van der Waals surface area contributed by atoms with Gasteiger partial charge >= 0.3 is 6.18 Å². The average Bonchev–Trinajstić information content (AvgIpc) is 2.85. The molecule has 0 aliphatic carbocycles. The van der Waals surface area contributed by atoms with Gasteiger partial charge in [0, 0.05) is 0 Å². The standard InChI is InChI=1S/C15H11F4N5/c16-9-3-1-8(2-4-9)11-6-5-10(7-12(11)15(17,18)19)24-14(21)22-13(20)23-24/h1-7H,(H4,20,21,22,23). The molecule has 0 amide bonds. The van der Waals surface area contributed by atoms with Crippen LogP contribution in [0.3, 0.4) is 0 Å². The van der Waals surface area contributed by atoms with Crippen LogP contribution in [0.1, 0.15) is 5.56 Å². The predicted molar refractivity (Wildman–Crippen MR) is 80.6 cm³/mol. The number of nitrogens with zero attached hydrogens (tertiary/aromatic N) is 3. The fourth-order valence-corrected chi connectivity index (χ4v) is 2.31. The number of anilines is 2. The smallest absolute Gasteiger partial charge is 0.368 e. The minimum absolute atomic E-state index is 0.0647. The summed E-state index contributed by atoms with van der Waals surface area (Å²) in [5, 5.41) is 3.76. The van der Waals surface area contributed by atoms with Gasteiger partial charge in [-0.1, -0.05) is 18.2 Å². The molecule has 1 heterocycles. The molecule has 0 aliphatic rings. The highest BCUT2D eigenvalue weighted by Gasteiger charge is 2.34. The molecule has 0 aliphatic heterocycles. The molecular weight excluding hydrogens is 326 g/mol. The van der Waals surface area contributed by atoms with Crippen molar-refractivity contribution in [2.75, 3.05) is 11.5 Å². The molecule has 0 unspecified atom stereocenters. The van der Waals surface area contributed by atoms with Gasteiger partial charge < -0.3 is 11.5 Å². The number of halogens is 4. The molecule has 0 saturated heterocycles. The van der Waals surface area contributed by atoms with Gasteiger partial charge in [0.25, 0.3) is 0 Å². The largest absolute Gasteiger partial charge is 0.417 e. The van der Waals surface area contributed by atoms with Gasteiger partial charge in [-0.05, 0) is 35.4 Å². The van der Waals surface area contributed by atoms with E-state index in [2.05, 4.69) is 10.1 Å². The number of rotatable bonds is 2. The maximum absolute atomic E-state index is 13.4. The summed E-state index contributed by atoms with van der Waals surface area (Å²) >= 11 is 0. The molecule has 3 rings (SSSR count). The summed E-state index contributed by atoms with van der Waals surface area (Å²) < 4.78 is 54.3. The molecule has 0 radical (unpaired) electrons. The fraction of sp³-hybridized carbons (Fsp3) is 0.0667.